The maximum Gasteiger partial charge on any atom is 0.309 e. The van der Waals surface area contributed by atoms with Crippen molar-refractivity contribution in [3.63, 3.8) is 0 Å². The number of hydrogen-bond acceptors (Lipinski definition) is 2. The molecule has 0 radical (unpaired) electrons. The van der Waals surface area contributed by atoms with Crippen LogP contribution in [-0.2, 0) is 9.53 Å². The van der Waals surface area contributed by atoms with E-state index in [4.69, 9.17) is 4.74 Å². The molecule has 0 N–H and O–H groups in total. The first-order chi connectivity index (χ1) is 7.40. The molecule has 1 saturated carbocycles. The lowest BCUT2D eigenvalue weighted by atomic mass is 9.80. The number of esters is 1. The van der Waals surface area contributed by atoms with E-state index in [1.807, 2.05) is 0 Å². The normalized spacial score (nSPS) is 27.5. The van der Waals surface area contributed by atoms with Gasteiger partial charge in [0.1, 0.15) is 0 Å². The highest BCUT2D eigenvalue weighted by molar-refractivity contribution is 8.32. The van der Waals surface area contributed by atoms with Crippen LogP contribution in [0.5, 0.6) is 0 Å². The molecule has 1 rings (SSSR count). The van der Waals surface area contributed by atoms with Gasteiger partial charge in [-0.05, 0) is 37.5 Å². The van der Waals surface area contributed by atoms with Gasteiger partial charge in [-0.25, -0.2) is 10.0 Å². The fraction of sp³-hybridized carbons (Fsp3) is 0.923. The molecule has 0 heterocycles. The average molecular weight is 246 g/mol. The Balaban J connectivity index is 2.29. The second kappa shape index (κ2) is 5.95. The lowest BCUT2D eigenvalue weighted by molar-refractivity contribution is -0.150. The molecule has 2 atom stereocenters. The smallest absolute Gasteiger partial charge is 0.309 e. The summed E-state index contributed by atoms with van der Waals surface area (Å²) in [6.07, 6.45) is 11.4. The first-order valence-corrected chi connectivity index (χ1v) is 9.25. The Morgan fingerprint density at radius 1 is 1.25 bits per heavy atom. The molecular formula is C13H26O2S. The van der Waals surface area contributed by atoms with Crippen molar-refractivity contribution in [1.29, 1.82) is 0 Å². The molecule has 0 aliphatic heterocycles. The highest BCUT2D eigenvalue weighted by atomic mass is 32.3. The van der Waals surface area contributed by atoms with Crippen molar-refractivity contribution < 1.29 is 9.53 Å². The van der Waals surface area contributed by atoms with E-state index in [1.165, 1.54) is 19.3 Å². The minimum atomic E-state index is -0.541. The van der Waals surface area contributed by atoms with E-state index in [-0.39, 0.29) is 11.9 Å². The van der Waals surface area contributed by atoms with Gasteiger partial charge in [0, 0.05) is 5.75 Å². The van der Waals surface area contributed by atoms with Crippen molar-refractivity contribution in [2.45, 2.75) is 32.6 Å². The van der Waals surface area contributed by atoms with Gasteiger partial charge in [-0.3, -0.25) is 4.79 Å². The molecule has 16 heavy (non-hydrogen) atoms. The van der Waals surface area contributed by atoms with Crippen LogP contribution in [0.1, 0.15) is 32.6 Å². The van der Waals surface area contributed by atoms with Gasteiger partial charge >= 0.3 is 5.97 Å². The fourth-order valence-corrected chi connectivity index (χ4v) is 2.75. The Labute approximate surface area is 101 Å². The minimum absolute atomic E-state index is 0.0517. The predicted molar refractivity (Wildman–Crippen MR) is 72.3 cm³/mol. The van der Waals surface area contributed by atoms with E-state index in [1.54, 1.807) is 0 Å². The van der Waals surface area contributed by atoms with Crippen LogP contribution in [-0.4, -0.2) is 37.1 Å². The first-order valence-electron chi connectivity index (χ1n) is 6.23. The molecular weight excluding hydrogens is 220 g/mol. The SMILES string of the molecule is CC1CCCCC1C(=O)OCCS(C)(C)C. The number of rotatable bonds is 4. The standard InChI is InChI=1S/C13H26O2S/c1-11-7-5-6-8-12(11)13(14)15-9-10-16(2,3)4/h11-12H,5-10H2,1-4H3. The van der Waals surface area contributed by atoms with Crippen LogP contribution in [0, 0.1) is 11.8 Å². The van der Waals surface area contributed by atoms with E-state index in [2.05, 4.69) is 25.7 Å². The van der Waals surface area contributed by atoms with Crippen LogP contribution in [0.4, 0.5) is 0 Å². The van der Waals surface area contributed by atoms with Crippen molar-refractivity contribution in [2.24, 2.45) is 11.8 Å². The van der Waals surface area contributed by atoms with Crippen LogP contribution >= 0.6 is 10.0 Å². The molecule has 96 valence electrons. The number of hydrogen-bond donors (Lipinski definition) is 0. The molecule has 0 spiro atoms. The topological polar surface area (TPSA) is 26.3 Å². The van der Waals surface area contributed by atoms with Crippen molar-refractivity contribution >= 4 is 16.0 Å². The van der Waals surface area contributed by atoms with Crippen molar-refractivity contribution in [2.75, 3.05) is 31.1 Å². The van der Waals surface area contributed by atoms with Gasteiger partial charge in [0.15, 0.2) is 0 Å². The molecule has 0 aromatic carbocycles. The fourth-order valence-electron chi connectivity index (χ4n) is 2.17. The largest absolute Gasteiger partial charge is 0.465 e. The lowest BCUT2D eigenvalue weighted by Gasteiger charge is -2.28. The summed E-state index contributed by atoms with van der Waals surface area (Å²) in [4.78, 5) is 11.9. The van der Waals surface area contributed by atoms with Gasteiger partial charge < -0.3 is 4.74 Å². The molecule has 1 fully saturated rings. The predicted octanol–water partition coefficient (Wildman–Crippen LogP) is 3.05. The third-order valence-electron chi connectivity index (χ3n) is 3.35. The molecule has 1 aliphatic rings. The van der Waals surface area contributed by atoms with Gasteiger partial charge in [-0.1, -0.05) is 19.8 Å². The van der Waals surface area contributed by atoms with Gasteiger partial charge in [0.2, 0.25) is 0 Å². The summed E-state index contributed by atoms with van der Waals surface area (Å²) in [6.45, 7) is 2.79. The molecule has 3 heteroatoms. The van der Waals surface area contributed by atoms with Gasteiger partial charge in [-0.2, -0.15) is 0 Å². The van der Waals surface area contributed by atoms with Crippen LogP contribution in [0.2, 0.25) is 0 Å². The van der Waals surface area contributed by atoms with E-state index in [9.17, 15) is 4.79 Å². The van der Waals surface area contributed by atoms with Crippen molar-refractivity contribution in [3.05, 3.63) is 0 Å². The second-order valence-corrected chi connectivity index (χ2v) is 10.4. The third-order valence-corrected chi connectivity index (χ3v) is 4.75. The Morgan fingerprint density at radius 2 is 1.88 bits per heavy atom. The van der Waals surface area contributed by atoms with Gasteiger partial charge in [0.05, 0.1) is 12.5 Å². The van der Waals surface area contributed by atoms with Crippen LogP contribution in [0.3, 0.4) is 0 Å². The number of carbonyl (C=O) groups is 1. The zero-order valence-electron chi connectivity index (χ0n) is 11.1. The summed E-state index contributed by atoms with van der Waals surface area (Å²) < 4.78 is 5.41. The Morgan fingerprint density at radius 3 is 2.44 bits per heavy atom. The van der Waals surface area contributed by atoms with Crippen molar-refractivity contribution in [3.8, 4) is 0 Å². The van der Waals surface area contributed by atoms with E-state index in [0.29, 0.717) is 12.5 Å². The van der Waals surface area contributed by atoms with Gasteiger partial charge in [-0.15, -0.1) is 0 Å². The minimum Gasteiger partial charge on any atom is -0.465 e. The van der Waals surface area contributed by atoms with E-state index in [0.717, 1.165) is 12.2 Å². The summed E-state index contributed by atoms with van der Waals surface area (Å²) in [5, 5.41) is 0. The second-order valence-electron chi connectivity index (χ2n) is 5.83. The quantitative estimate of drug-likeness (QED) is 0.713. The first kappa shape index (κ1) is 13.9. The molecule has 2 nitrogen and oxygen atoms in total. The maximum atomic E-state index is 11.9. The molecule has 2 unspecified atom stereocenters. The number of carbonyl (C=O) groups excluding carboxylic acids is 1. The van der Waals surface area contributed by atoms with Gasteiger partial charge in [0.25, 0.3) is 0 Å². The maximum absolute atomic E-state index is 11.9. The molecule has 0 bridgehead atoms. The van der Waals surface area contributed by atoms with Crippen LogP contribution in [0.15, 0.2) is 0 Å². The summed E-state index contributed by atoms with van der Waals surface area (Å²) in [5.41, 5.74) is 0. The molecule has 1 aliphatic carbocycles. The Bertz CT molecular complexity index is 233. The highest BCUT2D eigenvalue weighted by Crippen LogP contribution is 2.34. The van der Waals surface area contributed by atoms with Crippen LogP contribution < -0.4 is 0 Å². The van der Waals surface area contributed by atoms with E-state index >= 15 is 0 Å². The summed E-state index contributed by atoms with van der Waals surface area (Å²) in [6, 6.07) is 0. The summed E-state index contributed by atoms with van der Waals surface area (Å²) in [7, 11) is -0.541. The summed E-state index contributed by atoms with van der Waals surface area (Å²) in [5.74, 6) is 1.77. The average Bonchev–Trinajstić information content (AvgIpc) is 2.16. The zero-order valence-corrected chi connectivity index (χ0v) is 11.9. The monoisotopic (exact) mass is 246 g/mol. The molecule has 0 saturated heterocycles. The summed E-state index contributed by atoms with van der Waals surface area (Å²) >= 11 is 0. The Kier molecular flexibility index (Phi) is 5.16. The zero-order chi connectivity index (χ0) is 12.2. The molecule has 0 aromatic heterocycles. The third kappa shape index (κ3) is 4.77. The van der Waals surface area contributed by atoms with Crippen molar-refractivity contribution in [1.82, 2.24) is 0 Å². The highest BCUT2D eigenvalue weighted by Gasteiger charge is 2.28. The van der Waals surface area contributed by atoms with E-state index < -0.39 is 10.0 Å². The molecule has 0 amide bonds. The Hall–Kier alpha value is -0.180. The van der Waals surface area contributed by atoms with Crippen LogP contribution in [0.25, 0.3) is 0 Å². The number of ether oxygens (including phenoxy) is 1. The molecule has 0 aromatic rings. The lowest BCUT2D eigenvalue weighted by Crippen LogP contribution is -2.28.